The molecule has 0 radical (unpaired) electrons. The fourth-order valence-corrected chi connectivity index (χ4v) is 2.91. The molecule has 0 fully saturated rings. The zero-order chi connectivity index (χ0) is 24.5. The zero-order valence-corrected chi connectivity index (χ0v) is 15.8. The number of amides is 3. The summed E-state index contributed by atoms with van der Waals surface area (Å²) in [5, 5.41) is -2.56. The van der Waals surface area contributed by atoms with Crippen LogP contribution in [0.4, 0.5) is 54.4 Å². The number of thioether (sulfide) groups is 1. The molecule has 0 atom stereocenters. The summed E-state index contributed by atoms with van der Waals surface area (Å²) in [6, 6.07) is 1.97. The van der Waals surface area contributed by atoms with Crippen LogP contribution in [0.3, 0.4) is 0 Å². The summed E-state index contributed by atoms with van der Waals surface area (Å²) in [6.07, 6.45) is -6.58. The molecule has 15 heteroatoms. The number of rotatable bonds is 5. The van der Waals surface area contributed by atoms with Gasteiger partial charge in [0.25, 0.3) is 5.91 Å². The van der Waals surface area contributed by atoms with Crippen molar-refractivity contribution in [2.75, 3.05) is 5.32 Å². The maximum absolute atomic E-state index is 14.0. The molecule has 0 saturated carbocycles. The molecule has 2 aromatic rings. The fourth-order valence-electron chi connectivity index (χ4n) is 2.07. The number of hydrogen-bond donors (Lipinski definition) is 2. The maximum Gasteiger partial charge on any atom is 0.460 e. The summed E-state index contributed by atoms with van der Waals surface area (Å²) in [4.78, 5) is 22.4. The van der Waals surface area contributed by atoms with Crippen LogP contribution in [-0.2, 0) is 0 Å². The van der Waals surface area contributed by atoms with E-state index in [4.69, 9.17) is 0 Å². The van der Waals surface area contributed by atoms with E-state index in [1.807, 2.05) is 0 Å². The second-order valence-corrected chi connectivity index (χ2v) is 7.03. The molecule has 2 aromatic carbocycles. The van der Waals surface area contributed by atoms with Gasteiger partial charge in [0.1, 0.15) is 23.0 Å². The van der Waals surface area contributed by atoms with Crippen LogP contribution in [0.25, 0.3) is 0 Å². The van der Waals surface area contributed by atoms with E-state index in [1.165, 1.54) is 5.32 Å². The molecule has 0 heterocycles. The van der Waals surface area contributed by atoms with Crippen LogP contribution in [0.5, 0.6) is 0 Å². The number of carbonyl (C=O) groups excluding carboxylic acids is 2. The normalized spacial score (nSPS) is 12.4. The lowest BCUT2D eigenvalue weighted by Gasteiger charge is -2.27. The van der Waals surface area contributed by atoms with Crippen molar-refractivity contribution in [1.82, 2.24) is 5.32 Å². The highest BCUT2D eigenvalue weighted by Gasteiger charge is 2.73. The second-order valence-electron chi connectivity index (χ2n) is 5.84. The summed E-state index contributed by atoms with van der Waals surface area (Å²) in [5.41, 5.74) is -1.96. The van der Waals surface area contributed by atoms with Crippen molar-refractivity contribution in [2.45, 2.75) is 22.2 Å². The van der Waals surface area contributed by atoms with Gasteiger partial charge in [0.2, 0.25) is 0 Å². The van der Waals surface area contributed by atoms with Crippen molar-refractivity contribution in [1.29, 1.82) is 0 Å². The summed E-state index contributed by atoms with van der Waals surface area (Å²) in [7, 11) is 0. The lowest BCUT2D eigenvalue weighted by Crippen LogP contribution is -2.49. The molecule has 0 aliphatic rings. The third-order valence-electron chi connectivity index (χ3n) is 3.57. The van der Waals surface area contributed by atoms with Gasteiger partial charge in [-0.2, -0.15) is 30.7 Å². The minimum atomic E-state index is -6.58. The van der Waals surface area contributed by atoms with Crippen molar-refractivity contribution < 1.29 is 53.5 Å². The standard InChI is InChI=1S/C17H8F10N2O2S/c18-8-2-1-3-9(19)12(8)13(30)29-14(31)28-11-5-4-7(6-10(11)20)32-17(26,27)15(21,22)16(23,24)25/h1-6H,(H2,28,29,30,31). The minimum Gasteiger partial charge on any atom is -0.305 e. The number of nitrogens with one attached hydrogen (secondary N) is 2. The van der Waals surface area contributed by atoms with Crippen LogP contribution >= 0.6 is 11.8 Å². The average molecular weight is 494 g/mol. The van der Waals surface area contributed by atoms with E-state index in [2.05, 4.69) is 0 Å². The summed E-state index contributed by atoms with van der Waals surface area (Å²) < 4.78 is 130. The number of carbonyl (C=O) groups is 2. The van der Waals surface area contributed by atoms with Gasteiger partial charge in [-0.05, 0) is 42.1 Å². The largest absolute Gasteiger partial charge is 0.460 e. The predicted octanol–water partition coefficient (Wildman–Crippen LogP) is 5.95. The van der Waals surface area contributed by atoms with Gasteiger partial charge in [-0.3, -0.25) is 10.1 Å². The molecule has 0 aliphatic heterocycles. The van der Waals surface area contributed by atoms with Gasteiger partial charge in [-0.25, -0.2) is 18.0 Å². The molecule has 0 bridgehead atoms. The van der Waals surface area contributed by atoms with Gasteiger partial charge >= 0.3 is 23.4 Å². The number of imide groups is 1. The van der Waals surface area contributed by atoms with Crippen LogP contribution in [0.1, 0.15) is 10.4 Å². The minimum absolute atomic E-state index is 0.124. The first-order chi connectivity index (χ1) is 14.6. The number of benzene rings is 2. The van der Waals surface area contributed by atoms with E-state index in [0.29, 0.717) is 24.3 Å². The number of anilines is 1. The van der Waals surface area contributed by atoms with Crippen molar-refractivity contribution in [3.63, 3.8) is 0 Å². The number of halogens is 10. The van der Waals surface area contributed by atoms with Gasteiger partial charge in [-0.15, -0.1) is 0 Å². The highest BCUT2D eigenvalue weighted by molar-refractivity contribution is 8.00. The Bertz CT molecular complexity index is 1020. The lowest BCUT2D eigenvalue weighted by atomic mass is 10.2. The van der Waals surface area contributed by atoms with Crippen molar-refractivity contribution in [3.05, 3.63) is 59.4 Å². The van der Waals surface area contributed by atoms with Crippen LogP contribution in [-0.4, -0.2) is 29.3 Å². The second kappa shape index (κ2) is 8.88. The molecule has 4 nitrogen and oxygen atoms in total. The first-order valence-corrected chi connectivity index (χ1v) is 8.75. The monoisotopic (exact) mass is 494 g/mol. The van der Waals surface area contributed by atoms with E-state index in [-0.39, 0.29) is 6.07 Å². The van der Waals surface area contributed by atoms with Gasteiger partial charge in [-0.1, -0.05) is 6.07 Å². The SMILES string of the molecule is O=C(NC(=O)c1c(F)cccc1F)Nc1ccc(SC(F)(F)C(F)(F)C(F)(F)F)cc1F. The number of alkyl halides is 7. The quantitative estimate of drug-likeness (QED) is 0.399. The van der Waals surface area contributed by atoms with E-state index < -0.39 is 74.7 Å². The number of hydrogen-bond acceptors (Lipinski definition) is 3. The molecule has 2 rings (SSSR count). The van der Waals surface area contributed by atoms with Gasteiger partial charge in [0, 0.05) is 4.90 Å². The third kappa shape index (κ3) is 5.26. The summed E-state index contributed by atoms with van der Waals surface area (Å²) in [5.74, 6) is -12.2. The molecule has 0 aliphatic carbocycles. The van der Waals surface area contributed by atoms with Crippen LogP contribution < -0.4 is 10.6 Å². The van der Waals surface area contributed by atoms with Crippen molar-refractivity contribution in [2.24, 2.45) is 0 Å². The first-order valence-electron chi connectivity index (χ1n) is 7.94. The Morgan fingerprint density at radius 3 is 1.88 bits per heavy atom. The fraction of sp³-hybridized carbons (Fsp3) is 0.176. The molecular formula is C17H8F10N2O2S. The first kappa shape index (κ1) is 25.3. The molecular weight excluding hydrogens is 486 g/mol. The number of urea groups is 1. The predicted molar refractivity (Wildman–Crippen MR) is 91.0 cm³/mol. The highest BCUT2D eigenvalue weighted by Crippen LogP contribution is 2.53. The Morgan fingerprint density at radius 2 is 1.38 bits per heavy atom. The molecule has 2 N–H and O–H groups in total. The maximum atomic E-state index is 14.0. The van der Waals surface area contributed by atoms with E-state index in [9.17, 15) is 53.5 Å². The van der Waals surface area contributed by atoms with Crippen molar-refractivity contribution >= 4 is 29.4 Å². The smallest absolute Gasteiger partial charge is 0.305 e. The van der Waals surface area contributed by atoms with Gasteiger partial charge in [0.15, 0.2) is 0 Å². The summed E-state index contributed by atoms with van der Waals surface area (Å²) in [6.45, 7) is 0. The Morgan fingerprint density at radius 1 is 0.812 bits per heavy atom. The molecule has 0 saturated heterocycles. The third-order valence-corrected chi connectivity index (χ3v) is 4.58. The topological polar surface area (TPSA) is 58.2 Å². The lowest BCUT2D eigenvalue weighted by molar-refractivity contribution is -0.330. The molecule has 3 amide bonds. The van der Waals surface area contributed by atoms with Gasteiger partial charge < -0.3 is 5.32 Å². The zero-order valence-electron chi connectivity index (χ0n) is 15.0. The Kier molecular flexibility index (Phi) is 7.02. The van der Waals surface area contributed by atoms with Crippen molar-refractivity contribution in [3.8, 4) is 0 Å². The Labute approximate surface area is 176 Å². The van der Waals surface area contributed by atoms with Crippen LogP contribution in [0.2, 0.25) is 0 Å². The Hall–Kier alpha value is -2.97. The van der Waals surface area contributed by atoms with Crippen LogP contribution in [0.15, 0.2) is 41.3 Å². The van der Waals surface area contributed by atoms with Crippen LogP contribution in [0, 0.1) is 17.5 Å². The molecule has 0 spiro atoms. The average Bonchev–Trinajstić information content (AvgIpc) is 2.62. The molecule has 0 aromatic heterocycles. The molecule has 174 valence electrons. The van der Waals surface area contributed by atoms with E-state index >= 15 is 0 Å². The van der Waals surface area contributed by atoms with Gasteiger partial charge in [0.05, 0.1) is 5.69 Å². The summed E-state index contributed by atoms with van der Waals surface area (Å²) >= 11 is -1.28. The molecule has 32 heavy (non-hydrogen) atoms. The highest BCUT2D eigenvalue weighted by atomic mass is 32.2. The van der Waals surface area contributed by atoms with E-state index in [1.54, 1.807) is 5.32 Å². The molecule has 0 unspecified atom stereocenters. The van der Waals surface area contributed by atoms with E-state index in [0.717, 1.165) is 6.07 Å². The Balaban J connectivity index is 2.12.